The lowest BCUT2D eigenvalue weighted by Crippen LogP contribution is -2.41. The van der Waals surface area contributed by atoms with Crippen LogP contribution < -0.4 is 9.64 Å². The normalized spacial score (nSPS) is 27.6. The van der Waals surface area contributed by atoms with Gasteiger partial charge in [-0.05, 0) is 67.7 Å². The summed E-state index contributed by atoms with van der Waals surface area (Å²) in [6.45, 7) is 1.64. The fourth-order valence-electron chi connectivity index (χ4n) is 7.02. The van der Waals surface area contributed by atoms with Crippen molar-refractivity contribution in [3.63, 3.8) is 0 Å². The lowest BCUT2D eigenvalue weighted by molar-refractivity contribution is -0.123. The fraction of sp³-hybridized carbons (Fsp3) is 0.250. The highest BCUT2D eigenvalue weighted by atomic mass is 16.5. The number of Topliss-reactive ketones (excluding diaryl/α,β-unsaturated/α-hetero) is 1. The Morgan fingerprint density at radius 1 is 0.974 bits per heavy atom. The van der Waals surface area contributed by atoms with E-state index in [0.717, 1.165) is 16.7 Å². The van der Waals surface area contributed by atoms with Gasteiger partial charge in [-0.2, -0.15) is 0 Å². The van der Waals surface area contributed by atoms with Crippen LogP contribution in [-0.4, -0.2) is 28.5 Å². The molecule has 0 aromatic heterocycles. The maximum Gasteiger partial charge on any atom is 0.238 e. The molecule has 0 spiro atoms. The minimum absolute atomic E-state index is 0.110. The van der Waals surface area contributed by atoms with Gasteiger partial charge in [-0.3, -0.25) is 24.1 Å². The van der Waals surface area contributed by atoms with Crippen LogP contribution in [0.25, 0.3) is 0 Å². The van der Waals surface area contributed by atoms with E-state index in [1.807, 2.05) is 12.1 Å². The molecule has 39 heavy (non-hydrogen) atoms. The van der Waals surface area contributed by atoms with Crippen molar-refractivity contribution in [3.05, 3.63) is 100 Å². The second kappa shape index (κ2) is 8.50. The van der Waals surface area contributed by atoms with Crippen molar-refractivity contribution in [2.24, 2.45) is 23.7 Å². The van der Waals surface area contributed by atoms with E-state index in [1.165, 1.54) is 11.0 Å². The zero-order valence-corrected chi connectivity index (χ0v) is 21.2. The SMILES string of the molecule is CC1=CC(=O)C2=C(CC3C(=CCC4C(=O)N(c5ccccc5)C(=O)C43)C2C2=COc3ccc(O)cc3C2)C1=O. The van der Waals surface area contributed by atoms with Crippen LogP contribution in [-0.2, 0) is 25.6 Å². The van der Waals surface area contributed by atoms with E-state index < -0.39 is 23.7 Å². The molecule has 1 saturated heterocycles. The number of nitrogens with zero attached hydrogens (tertiary/aromatic N) is 1. The molecule has 7 nitrogen and oxygen atoms in total. The molecule has 2 aromatic carbocycles. The molecule has 0 saturated carbocycles. The number of carbonyl (C=O) groups excluding carboxylic acids is 4. The minimum Gasteiger partial charge on any atom is -0.508 e. The van der Waals surface area contributed by atoms with Gasteiger partial charge in [0.25, 0.3) is 0 Å². The fourth-order valence-corrected chi connectivity index (χ4v) is 7.02. The van der Waals surface area contributed by atoms with Gasteiger partial charge < -0.3 is 9.84 Å². The smallest absolute Gasteiger partial charge is 0.238 e. The molecule has 1 N–H and O–H groups in total. The number of carbonyl (C=O) groups is 4. The molecule has 2 aliphatic heterocycles. The van der Waals surface area contributed by atoms with E-state index >= 15 is 0 Å². The summed E-state index contributed by atoms with van der Waals surface area (Å²) in [4.78, 5) is 55.6. The molecule has 194 valence electrons. The third kappa shape index (κ3) is 3.42. The Hall–Kier alpha value is -4.52. The minimum atomic E-state index is -0.621. The first kappa shape index (κ1) is 23.6. The van der Waals surface area contributed by atoms with Gasteiger partial charge in [0.05, 0.1) is 23.8 Å². The Kier molecular flexibility index (Phi) is 5.14. The maximum absolute atomic E-state index is 13.9. The first-order valence-electron chi connectivity index (χ1n) is 13.1. The molecule has 2 aromatic rings. The molecule has 4 atom stereocenters. The predicted octanol–water partition coefficient (Wildman–Crippen LogP) is 4.38. The van der Waals surface area contributed by atoms with E-state index in [9.17, 15) is 24.3 Å². The van der Waals surface area contributed by atoms with Gasteiger partial charge in [-0.1, -0.05) is 29.8 Å². The van der Waals surface area contributed by atoms with Crippen LogP contribution in [0.2, 0.25) is 0 Å². The number of hydrogen-bond donors (Lipinski definition) is 1. The number of benzene rings is 2. The average Bonchev–Trinajstić information content (AvgIpc) is 3.20. The predicted molar refractivity (Wildman–Crippen MR) is 142 cm³/mol. The van der Waals surface area contributed by atoms with Crippen LogP contribution in [0.4, 0.5) is 5.69 Å². The first-order valence-corrected chi connectivity index (χ1v) is 13.1. The highest BCUT2D eigenvalue weighted by Gasteiger charge is 2.56. The summed E-state index contributed by atoms with van der Waals surface area (Å²) < 4.78 is 5.92. The van der Waals surface area contributed by atoms with Gasteiger partial charge >= 0.3 is 0 Å². The standard InChI is InChI=1S/C32H25NO6/c1-16-11-25(35)29-24(30(16)36)14-23-21(27(29)18-12-17-13-20(34)7-10-26(17)39-15-18)8-9-22-28(23)32(38)33(31(22)37)19-5-3-2-4-6-19/h2-8,10-11,13,15,22-23,27-28,34H,9,12,14H2,1H3. The summed E-state index contributed by atoms with van der Waals surface area (Å²) in [6, 6.07) is 13.8. The molecular weight excluding hydrogens is 494 g/mol. The van der Waals surface area contributed by atoms with E-state index in [0.29, 0.717) is 41.0 Å². The van der Waals surface area contributed by atoms with E-state index in [2.05, 4.69) is 0 Å². The molecule has 4 unspecified atom stereocenters. The summed E-state index contributed by atoms with van der Waals surface area (Å²) in [5.41, 5.74) is 4.21. The third-order valence-electron chi connectivity index (χ3n) is 8.72. The van der Waals surface area contributed by atoms with Crippen molar-refractivity contribution in [3.8, 4) is 11.5 Å². The third-order valence-corrected chi connectivity index (χ3v) is 8.72. The molecule has 3 aliphatic carbocycles. The van der Waals surface area contributed by atoms with Gasteiger partial charge in [0.1, 0.15) is 11.5 Å². The van der Waals surface area contributed by atoms with Crippen LogP contribution in [0.3, 0.4) is 0 Å². The number of para-hydroxylation sites is 1. The van der Waals surface area contributed by atoms with Crippen molar-refractivity contribution in [1.82, 2.24) is 0 Å². The van der Waals surface area contributed by atoms with Gasteiger partial charge in [0.2, 0.25) is 11.8 Å². The number of phenolic OH excluding ortho intramolecular Hbond substituents is 1. The van der Waals surface area contributed by atoms with Crippen molar-refractivity contribution >= 4 is 29.1 Å². The zero-order chi connectivity index (χ0) is 27.0. The van der Waals surface area contributed by atoms with Crippen molar-refractivity contribution in [2.45, 2.75) is 26.2 Å². The molecule has 7 heteroatoms. The van der Waals surface area contributed by atoms with Gasteiger partial charge in [0.15, 0.2) is 11.6 Å². The van der Waals surface area contributed by atoms with E-state index in [4.69, 9.17) is 4.74 Å². The highest BCUT2D eigenvalue weighted by molar-refractivity contribution is 6.24. The van der Waals surface area contributed by atoms with Crippen LogP contribution in [0.1, 0.15) is 25.3 Å². The van der Waals surface area contributed by atoms with Crippen LogP contribution in [0.5, 0.6) is 11.5 Å². The van der Waals surface area contributed by atoms with Crippen LogP contribution in [0, 0.1) is 23.7 Å². The summed E-state index contributed by atoms with van der Waals surface area (Å²) in [7, 11) is 0. The summed E-state index contributed by atoms with van der Waals surface area (Å²) >= 11 is 0. The number of ketones is 2. The number of allylic oxidation sites excluding steroid dienone is 7. The Morgan fingerprint density at radius 3 is 2.56 bits per heavy atom. The molecule has 0 bridgehead atoms. The number of amides is 2. The summed E-state index contributed by atoms with van der Waals surface area (Å²) in [6.07, 6.45) is 6.06. The summed E-state index contributed by atoms with van der Waals surface area (Å²) in [5.74, 6) is -2.25. The second-order valence-corrected chi connectivity index (χ2v) is 10.9. The van der Waals surface area contributed by atoms with Crippen LogP contribution in [0.15, 0.2) is 94.8 Å². The van der Waals surface area contributed by atoms with Crippen molar-refractivity contribution < 1.29 is 29.0 Å². The number of phenols is 1. The Labute approximate surface area is 224 Å². The average molecular weight is 520 g/mol. The number of imide groups is 1. The quantitative estimate of drug-likeness (QED) is 0.359. The molecule has 7 rings (SSSR count). The Bertz CT molecular complexity index is 1620. The van der Waals surface area contributed by atoms with Crippen LogP contribution >= 0.6 is 0 Å². The number of anilines is 1. The van der Waals surface area contributed by atoms with Crippen molar-refractivity contribution in [1.29, 1.82) is 0 Å². The maximum atomic E-state index is 13.9. The lowest BCUT2D eigenvalue weighted by Gasteiger charge is -2.43. The second-order valence-electron chi connectivity index (χ2n) is 10.9. The van der Waals surface area contributed by atoms with Gasteiger partial charge in [-0.25, -0.2) is 0 Å². The monoisotopic (exact) mass is 519 g/mol. The number of rotatable bonds is 2. The molecular formula is C32H25NO6. The topological polar surface area (TPSA) is 101 Å². The number of hydrogen-bond acceptors (Lipinski definition) is 6. The van der Waals surface area contributed by atoms with Crippen molar-refractivity contribution in [2.75, 3.05) is 4.90 Å². The number of fused-ring (bicyclic) bond motifs is 4. The molecule has 1 fully saturated rings. The number of ether oxygens (including phenoxy) is 1. The molecule has 2 heterocycles. The Balaban J connectivity index is 1.34. The van der Waals surface area contributed by atoms with E-state index in [-0.39, 0.29) is 35.6 Å². The zero-order valence-electron chi connectivity index (χ0n) is 21.2. The van der Waals surface area contributed by atoms with Gasteiger partial charge in [0, 0.05) is 34.6 Å². The first-order chi connectivity index (χ1) is 18.8. The molecule has 0 radical (unpaired) electrons. The van der Waals surface area contributed by atoms with E-state index in [1.54, 1.807) is 55.7 Å². The lowest BCUT2D eigenvalue weighted by atomic mass is 9.58. The van der Waals surface area contributed by atoms with Gasteiger partial charge in [-0.15, -0.1) is 0 Å². The largest absolute Gasteiger partial charge is 0.508 e. The number of aromatic hydroxyl groups is 1. The highest BCUT2D eigenvalue weighted by Crippen LogP contribution is 2.55. The molecule has 5 aliphatic rings. The Morgan fingerprint density at radius 2 is 1.77 bits per heavy atom. The molecule has 2 amide bonds. The summed E-state index contributed by atoms with van der Waals surface area (Å²) in [5, 5.41) is 10.1.